The van der Waals surface area contributed by atoms with Gasteiger partial charge in [-0.15, -0.1) is 0 Å². The Morgan fingerprint density at radius 1 is 0.760 bits per heavy atom. The highest BCUT2D eigenvalue weighted by Gasteiger charge is 2.36. The molecule has 4 atom stereocenters. The fourth-order valence-corrected chi connectivity index (χ4v) is 6.20. The van der Waals surface area contributed by atoms with Gasteiger partial charge in [-0.25, -0.2) is 4.79 Å². The fourth-order valence-electron chi connectivity index (χ4n) is 6.20. The minimum absolute atomic E-state index is 0.00302. The van der Waals surface area contributed by atoms with Gasteiger partial charge in [0.15, 0.2) is 0 Å². The molecule has 11 nitrogen and oxygen atoms in total. The van der Waals surface area contributed by atoms with Gasteiger partial charge in [-0.3, -0.25) is 24.0 Å². The van der Waals surface area contributed by atoms with E-state index in [0.29, 0.717) is 19.3 Å². The smallest absolute Gasteiger partial charge is 0.408 e. The Bertz CT molecular complexity index is 1670. The van der Waals surface area contributed by atoms with E-state index in [1.807, 2.05) is 86.6 Å². The Balaban J connectivity index is 1.56. The number of rotatable bonds is 16. The first-order chi connectivity index (χ1) is 23.9. The fraction of sp³-hybridized carbons (Fsp3) is 0.436. The number of fused-ring (bicyclic) bond motifs is 1. The molecule has 0 heterocycles. The lowest BCUT2D eigenvalue weighted by atomic mass is 9.93. The van der Waals surface area contributed by atoms with E-state index in [1.165, 1.54) is 0 Å². The zero-order chi connectivity index (χ0) is 36.2. The molecule has 1 aliphatic carbocycles. The molecule has 0 radical (unpaired) electrons. The first kappa shape index (κ1) is 37.8. The highest BCUT2D eigenvalue weighted by atomic mass is 16.5. The lowest BCUT2D eigenvalue weighted by Crippen LogP contribution is -2.57. The molecule has 50 heavy (non-hydrogen) atoms. The van der Waals surface area contributed by atoms with Gasteiger partial charge in [0.25, 0.3) is 5.91 Å². The van der Waals surface area contributed by atoms with Gasteiger partial charge in [0, 0.05) is 24.8 Å². The van der Waals surface area contributed by atoms with Crippen LogP contribution in [0.2, 0.25) is 0 Å². The van der Waals surface area contributed by atoms with Crippen molar-refractivity contribution in [3.63, 3.8) is 0 Å². The summed E-state index contributed by atoms with van der Waals surface area (Å²) in [5.74, 6) is -3.50. The molecule has 4 rings (SSSR count). The first-order valence-corrected chi connectivity index (χ1v) is 17.3. The molecule has 0 aromatic heterocycles. The molecule has 0 unspecified atom stereocenters. The average molecular weight is 685 g/mol. The maximum Gasteiger partial charge on any atom is 0.408 e. The monoisotopic (exact) mass is 684 g/mol. The van der Waals surface area contributed by atoms with Crippen molar-refractivity contribution in [3.05, 3.63) is 83.9 Å². The minimum Gasteiger partial charge on any atom is -0.445 e. The normalized spacial score (nSPS) is 16.0. The summed E-state index contributed by atoms with van der Waals surface area (Å²) >= 11 is 0. The molecule has 0 spiro atoms. The van der Waals surface area contributed by atoms with Gasteiger partial charge in [0.1, 0.15) is 24.5 Å². The zero-order valence-corrected chi connectivity index (χ0v) is 29.2. The lowest BCUT2D eigenvalue weighted by molar-refractivity contribution is -0.141. The molecule has 0 bridgehead atoms. The van der Waals surface area contributed by atoms with Crippen molar-refractivity contribution in [1.29, 1.82) is 0 Å². The second-order valence-electron chi connectivity index (χ2n) is 13.6. The van der Waals surface area contributed by atoms with E-state index in [0.717, 1.165) is 21.9 Å². The van der Waals surface area contributed by atoms with Crippen molar-refractivity contribution in [3.8, 4) is 0 Å². The van der Waals surface area contributed by atoms with Gasteiger partial charge in [0.05, 0.1) is 6.04 Å². The summed E-state index contributed by atoms with van der Waals surface area (Å²) in [4.78, 5) is 79.4. The number of benzene rings is 3. The number of amides is 4. The number of alkyl carbamates (subject to hydrolysis) is 1. The van der Waals surface area contributed by atoms with Crippen molar-refractivity contribution < 1.29 is 33.5 Å². The number of carbonyl (C=O) groups is 6. The molecule has 0 saturated heterocycles. The summed E-state index contributed by atoms with van der Waals surface area (Å²) in [6.45, 7) is 7.20. The Labute approximate surface area is 293 Å². The molecule has 11 heteroatoms. The predicted octanol–water partition coefficient (Wildman–Crippen LogP) is 4.55. The second kappa shape index (κ2) is 18.1. The van der Waals surface area contributed by atoms with E-state index in [4.69, 9.17) is 4.74 Å². The summed E-state index contributed by atoms with van der Waals surface area (Å²) in [6.07, 6.45) is 1.14. The third-order valence-electron chi connectivity index (χ3n) is 8.69. The molecule has 1 aliphatic rings. The molecule has 3 aromatic carbocycles. The van der Waals surface area contributed by atoms with Crippen molar-refractivity contribution in [2.24, 2.45) is 11.8 Å². The number of carbonyl (C=O) groups excluding carboxylic acids is 6. The van der Waals surface area contributed by atoms with Gasteiger partial charge in [-0.2, -0.15) is 0 Å². The van der Waals surface area contributed by atoms with Crippen LogP contribution in [0, 0.1) is 11.8 Å². The van der Waals surface area contributed by atoms with Crippen molar-refractivity contribution >= 4 is 46.2 Å². The summed E-state index contributed by atoms with van der Waals surface area (Å²) in [5.41, 5.74) is 1.58. The van der Waals surface area contributed by atoms with Crippen LogP contribution >= 0.6 is 0 Å². The van der Waals surface area contributed by atoms with E-state index >= 15 is 0 Å². The van der Waals surface area contributed by atoms with Crippen molar-refractivity contribution in [2.45, 2.75) is 97.0 Å². The SMILES string of the molecule is CC(C)C[C@H](NC(=O)[C@H](Cc1cccc2ccccc12)NC(=O)OCc1ccccc1)C(=O)N[C@@H](C[C@@H]1CCCC1=O)C(=O)C(=O)NC(C)C. The summed E-state index contributed by atoms with van der Waals surface area (Å²) in [6, 6.07) is 18.7. The van der Waals surface area contributed by atoms with Crippen LogP contribution in [0.5, 0.6) is 0 Å². The van der Waals surface area contributed by atoms with Gasteiger partial charge >= 0.3 is 6.09 Å². The summed E-state index contributed by atoms with van der Waals surface area (Å²) < 4.78 is 5.44. The molecular weight excluding hydrogens is 636 g/mol. The largest absolute Gasteiger partial charge is 0.445 e. The maximum absolute atomic E-state index is 14.0. The summed E-state index contributed by atoms with van der Waals surface area (Å²) in [7, 11) is 0. The van der Waals surface area contributed by atoms with Crippen LogP contribution in [-0.2, 0) is 41.7 Å². The highest BCUT2D eigenvalue weighted by molar-refractivity contribution is 6.38. The standard InChI is InChI=1S/C39H48N4O7/c1-24(2)20-32(36(46)41-31(22-29-17-11-19-34(29)44)35(45)38(48)40-25(3)4)42-37(47)33(43-39(49)50-23-26-12-6-5-7-13-26)21-28-16-10-15-27-14-8-9-18-30(27)28/h5-10,12-16,18,24-25,29,31-33H,11,17,19-23H2,1-4H3,(H,40,48)(H,41,46)(H,42,47)(H,43,49)/t29-,31-,32-,33-/m0/s1. The third-order valence-corrected chi connectivity index (χ3v) is 8.69. The molecule has 1 fully saturated rings. The summed E-state index contributed by atoms with van der Waals surface area (Å²) in [5, 5.41) is 12.6. The Hall–Kier alpha value is -5.06. The van der Waals surface area contributed by atoms with Gasteiger partial charge < -0.3 is 26.0 Å². The predicted molar refractivity (Wildman–Crippen MR) is 190 cm³/mol. The third kappa shape index (κ3) is 11.0. The van der Waals surface area contributed by atoms with E-state index in [9.17, 15) is 28.8 Å². The van der Waals surface area contributed by atoms with Gasteiger partial charge in [-0.1, -0.05) is 86.6 Å². The topological polar surface area (TPSA) is 160 Å². The molecule has 4 N–H and O–H groups in total. The van der Waals surface area contributed by atoms with E-state index < -0.39 is 53.6 Å². The molecular formula is C39H48N4O7. The highest BCUT2D eigenvalue weighted by Crippen LogP contribution is 2.26. The first-order valence-electron chi connectivity index (χ1n) is 17.3. The van der Waals surface area contributed by atoms with E-state index in [1.54, 1.807) is 13.8 Å². The van der Waals surface area contributed by atoms with Crippen LogP contribution in [0.4, 0.5) is 4.79 Å². The maximum atomic E-state index is 14.0. The number of nitrogens with one attached hydrogen (secondary N) is 4. The van der Waals surface area contributed by atoms with Crippen LogP contribution in [0.25, 0.3) is 10.8 Å². The number of ether oxygens (including phenoxy) is 1. The Morgan fingerprint density at radius 3 is 2.10 bits per heavy atom. The van der Waals surface area contributed by atoms with E-state index in [-0.39, 0.29) is 43.6 Å². The van der Waals surface area contributed by atoms with Crippen LogP contribution in [0.15, 0.2) is 72.8 Å². The molecule has 266 valence electrons. The van der Waals surface area contributed by atoms with Gasteiger partial charge in [0.2, 0.25) is 17.6 Å². The number of ketones is 2. The minimum atomic E-state index is -1.25. The lowest BCUT2D eigenvalue weighted by Gasteiger charge is -2.27. The quantitative estimate of drug-likeness (QED) is 0.161. The van der Waals surface area contributed by atoms with Gasteiger partial charge in [-0.05, 0) is 67.3 Å². The van der Waals surface area contributed by atoms with Crippen LogP contribution in [0.1, 0.15) is 70.9 Å². The second-order valence-corrected chi connectivity index (χ2v) is 13.6. The van der Waals surface area contributed by atoms with Crippen LogP contribution in [0.3, 0.4) is 0 Å². The number of hydrogen-bond acceptors (Lipinski definition) is 7. The molecule has 4 amide bonds. The van der Waals surface area contributed by atoms with Crippen LogP contribution in [-0.4, -0.2) is 59.5 Å². The molecule has 1 saturated carbocycles. The van der Waals surface area contributed by atoms with E-state index in [2.05, 4.69) is 21.3 Å². The zero-order valence-electron chi connectivity index (χ0n) is 29.2. The van der Waals surface area contributed by atoms with Crippen molar-refractivity contribution in [2.75, 3.05) is 0 Å². The van der Waals surface area contributed by atoms with Crippen molar-refractivity contribution in [1.82, 2.24) is 21.3 Å². The Morgan fingerprint density at radius 2 is 1.42 bits per heavy atom. The number of Topliss-reactive ketones (excluding diaryl/α,β-unsaturated/α-hetero) is 2. The average Bonchev–Trinajstić information content (AvgIpc) is 3.49. The van der Waals surface area contributed by atoms with Crippen LogP contribution < -0.4 is 21.3 Å². The Kier molecular flexibility index (Phi) is 13.7. The molecule has 0 aliphatic heterocycles. The molecule has 3 aromatic rings. The number of hydrogen-bond donors (Lipinski definition) is 4.